The van der Waals surface area contributed by atoms with Crippen LogP contribution in [-0.4, -0.2) is 45.8 Å². The van der Waals surface area contributed by atoms with Gasteiger partial charge in [0.1, 0.15) is 6.54 Å². The Morgan fingerprint density at radius 1 is 1.21 bits per heavy atom. The molecule has 0 spiro atoms. The molecule has 0 radical (unpaired) electrons. The SMILES string of the molecule is CC[C@@H](C)NC(=O)NC(=O)C[NH+](C)Cc1ccc(OC)c(OC)c1. The highest BCUT2D eigenvalue weighted by molar-refractivity contribution is 5.94. The second kappa shape index (κ2) is 9.77. The van der Waals surface area contributed by atoms with Crippen LogP contribution in [0.3, 0.4) is 0 Å². The van der Waals surface area contributed by atoms with Crippen molar-refractivity contribution < 1.29 is 24.0 Å². The molecule has 7 nitrogen and oxygen atoms in total. The fourth-order valence-corrected chi connectivity index (χ4v) is 2.21. The monoisotopic (exact) mass is 338 g/mol. The summed E-state index contributed by atoms with van der Waals surface area (Å²) in [6, 6.07) is 5.23. The summed E-state index contributed by atoms with van der Waals surface area (Å²) in [7, 11) is 5.06. The topological polar surface area (TPSA) is 81.1 Å². The summed E-state index contributed by atoms with van der Waals surface area (Å²) in [5.41, 5.74) is 1.02. The number of imide groups is 1. The summed E-state index contributed by atoms with van der Waals surface area (Å²) in [6.07, 6.45) is 0.812. The number of hydrogen-bond acceptors (Lipinski definition) is 4. The molecule has 2 atom stereocenters. The van der Waals surface area contributed by atoms with E-state index in [2.05, 4.69) is 10.6 Å². The van der Waals surface area contributed by atoms with Gasteiger partial charge in [0, 0.05) is 11.6 Å². The number of benzene rings is 1. The number of rotatable bonds is 8. The number of urea groups is 1. The second-order valence-corrected chi connectivity index (χ2v) is 5.83. The Bertz CT molecular complexity index is 563. The zero-order chi connectivity index (χ0) is 18.1. The van der Waals surface area contributed by atoms with Crippen molar-refractivity contribution in [3.8, 4) is 11.5 Å². The van der Waals surface area contributed by atoms with E-state index in [9.17, 15) is 9.59 Å². The van der Waals surface area contributed by atoms with Crippen molar-refractivity contribution in [2.75, 3.05) is 27.8 Å². The van der Waals surface area contributed by atoms with Gasteiger partial charge >= 0.3 is 6.03 Å². The highest BCUT2D eigenvalue weighted by Crippen LogP contribution is 2.27. The van der Waals surface area contributed by atoms with Gasteiger partial charge in [0.2, 0.25) is 0 Å². The van der Waals surface area contributed by atoms with Crippen molar-refractivity contribution in [3.05, 3.63) is 23.8 Å². The predicted molar refractivity (Wildman–Crippen MR) is 91.4 cm³/mol. The van der Waals surface area contributed by atoms with Crippen molar-refractivity contribution in [1.82, 2.24) is 10.6 Å². The molecule has 0 aliphatic heterocycles. The molecule has 1 rings (SSSR count). The molecule has 0 aliphatic carbocycles. The maximum Gasteiger partial charge on any atom is 0.321 e. The van der Waals surface area contributed by atoms with Gasteiger partial charge in [-0.25, -0.2) is 4.79 Å². The van der Waals surface area contributed by atoms with Crippen LogP contribution in [0.15, 0.2) is 18.2 Å². The van der Waals surface area contributed by atoms with Gasteiger partial charge in [-0.3, -0.25) is 10.1 Å². The van der Waals surface area contributed by atoms with E-state index in [1.54, 1.807) is 14.2 Å². The van der Waals surface area contributed by atoms with Crippen LogP contribution in [0, 0.1) is 0 Å². The standard InChI is InChI=1S/C17H27N3O4/c1-6-12(2)18-17(22)19-16(21)11-20(3)10-13-7-8-14(23-4)15(9-13)24-5/h7-9,12H,6,10-11H2,1-5H3,(H2,18,19,21,22)/p+1/t12-/m1/s1. The molecule has 1 unspecified atom stereocenters. The van der Waals surface area contributed by atoms with E-state index in [0.717, 1.165) is 16.9 Å². The van der Waals surface area contributed by atoms with Gasteiger partial charge in [-0.05, 0) is 31.5 Å². The summed E-state index contributed by atoms with van der Waals surface area (Å²) in [5.74, 6) is 1.01. The summed E-state index contributed by atoms with van der Waals surface area (Å²) < 4.78 is 10.5. The van der Waals surface area contributed by atoms with Gasteiger partial charge in [0.15, 0.2) is 18.0 Å². The van der Waals surface area contributed by atoms with E-state index in [0.29, 0.717) is 18.0 Å². The molecule has 0 aliphatic rings. The van der Waals surface area contributed by atoms with Gasteiger partial charge in [0.05, 0.1) is 21.3 Å². The molecule has 7 heteroatoms. The molecule has 0 fully saturated rings. The first kappa shape index (κ1) is 19.8. The fourth-order valence-electron chi connectivity index (χ4n) is 2.21. The Balaban J connectivity index is 2.52. The van der Waals surface area contributed by atoms with Crippen molar-refractivity contribution in [3.63, 3.8) is 0 Å². The van der Waals surface area contributed by atoms with Crippen molar-refractivity contribution in [2.24, 2.45) is 0 Å². The lowest BCUT2D eigenvalue weighted by Crippen LogP contribution is -3.09. The van der Waals surface area contributed by atoms with Gasteiger partial charge < -0.3 is 19.7 Å². The first-order chi connectivity index (χ1) is 11.4. The van der Waals surface area contributed by atoms with E-state index in [-0.39, 0.29) is 18.5 Å². The molecule has 134 valence electrons. The highest BCUT2D eigenvalue weighted by atomic mass is 16.5. The molecule has 0 aromatic heterocycles. The van der Waals surface area contributed by atoms with Crippen molar-refractivity contribution >= 4 is 11.9 Å². The van der Waals surface area contributed by atoms with Crippen molar-refractivity contribution in [1.29, 1.82) is 0 Å². The highest BCUT2D eigenvalue weighted by Gasteiger charge is 2.15. The molecule has 0 bridgehead atoms. The van der Waals surface area contributed by atoms with Crippen LogP contribution >= 0.6 is 0 Å². The van der Waals surface area contributed by atoms with Crippen LogP contribution < -0.4 is 25.0 Å². The number of carbonyl (C=O) groups is 2. The predicted octanol–water partition coefficient (Wildman–Crippen LogP) is 0.343. The summed E-state index contributed by atoms with van der Waals surface area (Å²) in [4.78, 5) is 24.5. The molecule has 24 heavy (non-hydrogen) atoms. The van der Waals surface area contributed by atoms with E-state index in [1.807, 2.05) is 39.1 Å². The molecule has 3 amide bonds. The second-order valence-electron chi connectivity index (χ2n) is 5.83. The summed E-state index contributed by atoms with van der Waals surface area (Å²) >= 11 is 0. The Labute approximate surface area is 143 Å². The van der Waals surface area contributed by atoms with Crippen LogP contribution in [0.1, 0.15) is 25.8 Å². The first-order valence-corrected chi connectivity index (χ1v) is 8.02. The Hall–Kier alpha value is -2.28. The number of carbonyl (C=O) groups excluding carboxylic acids is 2. The smallest absolute Gasteiger partial charge is 0.321 e. The number of quaternary nitrogens is 1. The normalized spacial score (nSPS) is 12.9. The first-order valence-electron chi connectivity index (χ1n) is 8.02. The molecular formula is C17H28N3O4+. The molecule has 0 saturated heterocycles. The zero-order valence-corrected chi connectivity index (χ0v) is 15.1. The minimum atomic E-state index is -0.451. The third-order valence-corrected chi connectivity index (χ3v) is 3.66. The Morgan fingerprint density at radius 3 is 2.46 bits per heavy atom. The van der Waals surface area contributed by atoms with E-state index < -0.39 is 6.03 Å². The average molecular weight is 338 g/mol. The lowest BCUT2D eigenvalue weighted by Gasteiger charge is -2.16. The Morgan fingerprint density at radius 2 is 1.88 bits per heavy atom. The summed E-state index contributed by atoms with van der Waals surface area (Å²) in [5, 5.41) is 5.05. The maximum atomic E-state index is 11.9. The van der Waals surface area contributed by atoms with Crippen LogP contribution in [0.25, 0.3) is 0 Å². The lowest BCUT2D eigenvalue weighted by molar-refractivity contribution is -0.885. The van der Waals surface area contributed by atoms with E-state index in [1.165, 1.54) is 0 Å². The zero-order valence-electron chi connectivity index (χ0n) is 15.1. The number of nitrogens with one attached hydrogen (secondary N) is 3. The third kappa shape index (κ3) is 6.45. The molecule has 1 aromatic rings. The average Bonchev–Trinajstić information content (AvgIpc) is 2.53. The molecule has 0 saturated carbocycles. The number of hydrogen-bond donors (Lipinski definition) is 3. The third-order valence-electron chi connectivity index (χ3n) is 3.66. The van der Waals surface area contributed by atoms with Gasteiger partial charge in [-0.15, -0.1) is 0 Å². The molecular weight excluding hydrogens is 310 g/mol. The minimum absolute atomic E-state index is 0.0367. The number of ether oxygens (including phenoxy) is 2. The summed E-state index contributed by atoms with van der Waals surface area (Å²) in [6.45, 7) is 4.68. The number of likely N-dealkylation sites (N-methyl/N-ethyl adjacent to an activating group) is 1. The van der Waals surface area contributed by atoms with Gasteiger partial charge in [-0.2, -0.15) is 0 Å². The van der Waals surface area contributed by atoms with E-state index in [4.69, 9.17) is 9.47 Å². The van der Waals surface area contributed by atoms with Crippen LogP contribution in [-0.2, 0) is 11.3 Å². The number of methoxy groups -OCH3 is 2. The lowest BCUT2D eigenvalue weighted by atomic mass is 10.2. The maximum absolute atomic E-state index is 11.9. The Kier molecular flexibility index (Phi) is 8.05. The quantitative estimate of drug-likeness (QED) is 0.639. The fraction of sp³-hybridized carbons (Fsp3) is 0.529. The van der Waals surface area contributed by atoms with E-state index >= 15 is 0 Å². The van der Waals surface area contributed by atoms with Gasteiger partial charge in [0.25, 0.3) is 5.91 Å². The van der Waals surface area contributed by atoms with Crippen LogP contribution in [0.2, 0.25) is 0 Å². The van der Waals surface area contributed by atoms with Gasteiger partial charge in [-0.1, -0.05) is 6.92 Å². The van der Waals surface area contributed by atoms with Crippen LogP contribution in [0.5, 0.6) is 11.5 Å². The molecule has 1 aromatic carbocycles. The van der Waals surface area contributed by atoms with Crippen molar-refractivity contribution in [2.45, 2.75) is 32.9 Å². The minimum Gasteiger partial charge on any atom is -0.493 e. The van der Waals surface area contributed by atoms with Crippen LogP contribution in [0.4, 0.5) is 4.79 Å². The number of amides is 3. The molecule has 0 heterocycles. The molecule has 3 N–H and O–H groups in total. The largest absolute Gasteiger partial charge is 0.493 e.